The lowest BCUT2D eigenvalue weighted by molar-refractivity contribution is 0.0124. The third-order valence-corrected chi connectivity index (χ3v) is 4.06. The molecule has 0 heterocycles. The highest BCUT2D eigenvalue weighted by Crippen LogP contribution is 2.49. The highest BCUT2D eigenvalue weighted by atomic mass is 16.5. The molecule has 0 saturated heterocycles. The first-order valence-corrected chi connectivity index (χ1v) is 6.66. The van der Waals surface area contributed by atoms with E-state index >= 15 is 0 Å². The van der Waals surface area contributed by atoms with Gasteiger partial charge < -0.3 is 10.5 Å². The summed E-state index contributed by atoms with van der Waals surface area (Å²) in [6.45, 7) is 1.81. The molecule has 0 radical (unpaired) electrons. The Balaban J connectivity index is 1.67. The molecule has 2 heteroatoms. The second kappa shape index (κ2) is 5.31. The van der Waals surface area contributed by atoms with Gasteiger partial charge in [-0.15, -0.1) is 0 Å². The van der Waals surface area contributed by atoms with Crippen LogP contribution in [0.3, 0.4) is 0 Å². The summed E-state index contributed by atoms with van der Waals surface area (Å²) in [5.74, 6) is 0. The molecule has 2 saturated carbocycles. The quantitative estimate of drug-likeness (QED) is 0.710. The van der Waals surface area contributed by atoms with Crippen molar-refractivity contribution in [2.24, 2.45) is 11.1 Å². The van der Waals surface area contributed by atoms with Crippen LogP contribution in [0.2, 0.25) is 0 Å². The molecule has 0 unspecified atom stereocenters. The molecule has 2 aliphatic rings. The van der Waals surface area contributed by atoms with Gasteiger partial charge in [0, 0.05) is 0 Å². The lowest BCUT2D eigenvalue weighted by Crippen LogP contribution is -2.21. The van der Waals surface area contributed by atoms with Gasteiger partial charge in [0.25, 0.3) is 0 Å². The van der Waals surface area contributed by atoms with Gasteiger partial charge in [-0.05, 0) is 44.1 Å². The standard InChI is InChI=1S/C13H25NO/c14-10-9-13(7-8-13)11-15-12-5-3-1-2-4-6-12/h12H,1-11,14H2. The third kappa shape index (κ3) is 3.46. The number of ether oxygens (including phenoxy) is 1. The molecule has 2 rings (SSSR count). The molecule has 0 aliphatic heterocycles. The minimum absolute atomic E-state index is 0.501. The van der Waals surface area contributed by atoms with Gasteiger partial charge in [-0.1, -0.05) is 25.7 Å². The maximum Gasteiger partial charge on any atom is 0.0575 e. The summed E-state index contributed by atoms with van der Waals surface area (Å²) in [6.07, 6.45) is 12.6. The predicted octanol–water partition coefficient (Wildman–Crippen LogP) is 2.85. The molecule has 2 nitrogen and oxygen atoms in total. The SMILES string of the molecule is NCCC1(COC2CCCCCC2)CC1. The van der Waals surface area contributed by atoms with Crippen molar-refractivity contribution in [3.8, 4) is 0 Å². The molecular weight excluding hydrogens is 186 g/mol. The van der Waals surface area contributed by atoms with Gasteiger partial charge in [-0.3, -0.25) is 0 Å². The van der Waals surface area contributed by atoms with E-state index in [0.29, 0.717) is 11.5 Å². The van der Waals surface area contributed by atoms with Crippen molar-refractivity contribution in [3.05, 3.63) is 0 Å². The van der Waals surface area contributed by atoms with Crippen molar-refractivity contribution < 1.29 is 4.74 Å². The van der Waals surface area contributed by atoms with Crippen LogP contribution in [-0.4, -0.2) is 19.3 Å². The van der Waals surface area contributed by atoms with E-state index in [9.17, 15) is 0 Å². The summed E-state index contributed by atoms with van der Waals surface area (Å²) >= 11 is 0. The fourth-order valence-electron chi connectivity index (χ4n) is 2.65. The van der Waals surface area contributed by atoms with E-state index in [4.69, 9.17) is 10.5 Å². The Morgan fingerprint density at radius 1 is 1.07 bits per heavy atom. The van der Waals surface area contributed by atoms with Gasteiger partial charge >= 0.3 is 0 Å². The Kier molecular flexibility index (Phi) is 4.04. The van der Waals surface area contributed by atoms with E-state index in [1.165, 1.54) is 57.8 Å². The van der Waals surface area contributed by atoms with E-state index in [2.05, 4.69) is 0 Å². The number of nitrogens with two attached hydrogens (primary N) is 1. The highest BCUT2D eigenvalue weighted by Gasteiger charge is 2.42. The molecule has 0 aromatic heterocycles. The molecule has 0 bridgehead atoms. The minimum Gasteiger partial charge on any atom is -0.378 e. The Bertz CT molecular complexity index is 181. The summed E-state index contributed by atoms with van der Waals surface area (Å²) in [4.78, 5) is 0. The van der Waals surface area contributed by atoms with Gasteiger partial charge in [0.05, 0.1) is 12.7 Å². The Morgan fingerprint density at radius 2 is 1.73 bits per heavy atom. The first-order chi connectivity index (χ1) is 7.35. The maximum atomic E-state index is 6.09. The van der Waals surface area contributed by atoms with E-state index in [-0.39, 0.29) is 0 Å². The van der Waals surface area contributed by atoms with Crippen LogP contribution in [-0.2, 0) is 4.74 Å². The summed E-state index contributed by atoms with van der Waals surface area (Å²) in [5.41, 5.74) is 6.13. The minimum atomic E-state index is 0.501. The number of hydrogen-bond donors (Lipinski definition) is 1. The van der Waals surface area contributed by atoms with Gasteiger partial charge in [-0.25, -0.2) is 0 Å². The second-order valence-electron chi connectivity index (χ2n) is 5.46. The summed E-state index contributed by atoms with van der Waals surface area (Å²) in [7, 11) is 0. The molecule has 88 valence electrons. The molecule has 2 aliphatic carbocycles. The Labute approximate surface area is 93.6 Å². The lowest BCUT2D eigenvalue weighted by Gasteiger charge is -2.20. The molecule has 0 aromatic rings. The monoisotopic (exact) mass is 211 g/mol. The van der Waals surface area contributed by atoms with Crippen LogP contribution in [0.5, 0.6) is 0 Å². The fraction of sp³-hybridized carbons (Fsp3) is 1.00. The molecule has 15 heavy (non-hydrogen) atoms. The molecule has 0 atom stereocenters. The van der Waals surface area contributed by atoms with Crippen LogP contribution in [0.1, 0.15) is 57.8 Å². The first-order valence-electron chi connectivity index (χ1n) is 6.66. The van der Waals surface area contributed by atoms with Gasteiger partial charge in [-0.2, -0.15) is 0 Å². The predicted molar refractivity (Wildman–Crippen MR) is 62.8 cm³/mol. The first kappa shape index (κ1) is 11.4. The summed E-state index contributed by atoms with van der Waals surface area (Å²) in [5, 5.41) is 0. The van der Waals surface area contributed by atoms with Crippen molar-refractivity contribution >= 4 is 0 Å². The maximum absolute atomic E-state index is 6.09. The Morgan fingerprint density at radius 3 is 2.27 bits per heavy atom. The van der Waals surface area contributed by atoms with Crippen molar-refractivity contribution in [3.63, 3.8) is 0 Å². The zero-order chi connectivity index (χ0) is 10.6. The fourth-order valence-corrected chi connectivity index (χ4v) is 2.65. The molecule has 2 N–H and O–H groups in total. The molecule has 0 spiro atoms. The summed E-state index contributed by atoms with van der Waals surface area (Å²) in [6, 6.07) is 0. The van der Waals surface area contributed by atoms with Crippen LogP contribution in [0.15, 0.2) is 0 Å². The van der Waals surface area contributed by atoms with E-state index in [1.807, 2.05) is 0 Å². The van der Waals surface area contributed by atoms with Crippen LogP contribution < -0.4 is 5.73 Å². The van der Waals surface area contributed by atoms with Crippen molar-refractivity contribution in [2.75, 3.05) is 13.2 Å². The van der Waals surface area contributed by atoms with Crippen molar-refractivity contribution in [2.45, 2.75) is 63.9 Å². The zero-order valence-electron chi connectivity index (χ0n) is 9.84. The van der Waals surface area contributed by atoms with Crippen LogP contribution in [0.25, 0.3) is 0 Å². The van der Waals surface area contributed by atoms with E-state index in [0.717, 1.165) is 13.2 Å². The smallest absolute Gasteiger partial charge is 0.0575 e. The molecule has 0 aromatic carbocycles. The lowest BCUT2D eigenvalue weighted by atomic mass is 10.0. The third-order valence-electron chi connectivity index (χ3n) is 4.06. The van der Waals surface area contributed by atoms with E-state index < -0.39 is 0 Å². The highest BCUT2D eigenvalue weighted by molar-refractivity contribution is 4.93. The van der Waals surface area contributed by atoms with Crippen molar-refractivity contribution in [1.82, 2.24) is 0 Å². The number of rotatable bonds is 5. The van der Waals surface area contributed by atoms with Gasteiger partial charge in [0.1, 0.15) is 0 Å². The second-order valence-corrected chi connectivity index (χ2v) is 5.46. The summed E-state index contributed by atoms with van der Waals surface area (Å²) < 4.78 is 6.09. The average molecular weight is 211 g/mol. The van der Waals surface area contributed by atoms with Crippen LogP contribution in [0, 0.1) is 5.41 Å². The topological polar surface area (TPSA) is 35.2 Å². The van der Waals surface area contributed by atoms with Gasteiger partial charge in [0.2, 0.25) is 0 Å². The normalized spacial score (nSPS) is 26.2. The van der Waals surface area contributed by atoms with Gasteiger partial charge in [0.15, 0.2) is 0 Å². The van der Waals surface area contributed by atoms with Crippen molar-refractivity contribution in [1.29, 1.82) is 0 Å². The molecular formula is C13H25NO. The molecule has 2 fully saturated rings. The zero-order valence-corrected chi connectivity index (χ0v) is 9.84. The molecule has 0 amide bonds. The van der Waals surface area contributed by atoms with E-state index in [1.54, 1.807) is 0 Å². The average Bonchev–Trinajstić information content (AvgIpc) is 3.00. The Hall–Kier alpha value is -0.0800. The largest absolute Gasteiger partial charge is 0.378 e. The van der Waals surface area contributed by atoms with Crippen LogP contribution >= 0.6 is 0 Å². The van der Waals surface area contributed by atoms with Crippen LogP contribution in [0.4, 0.5) is 0 Å². The number of hydrogen-bond acceptors (Lipinski definition) is 2.